The first-order chi connectivity index (χ1) is 8.70. The number of carboxylic acid groups (broad SMARTS) is 1. The number of carboxylic acids is 1. The van der Waals surface area contributed by atoms with Crippen LogP contribution in [0.3, 0.4) is 0 Å². The van der Waals surface area contributed by atoms with Crippen LogP contribution in [0.4, 0.5) is 0 Å². The van der Waals surface area contributed by atoms with E-state index in [4.69, 9.17) is 0 Å². The van der Waals surface area contributed by atoms with Crippen LogP contribution in [-0.4, -0.2) is 5.97 Å². The fraction of sp³-hybridized carbons (Fsp3) is 0.533. The minimum atomic E-state index is -0.920. The molecule has 0 radical (unpaired) electrons. The van der Waals surface area contributed by atoms with E-state index in [1.807, 2.05) is 18.2 Å². The van der Waals surface area contributed by atoms with Crippen molar-refractivity contribution in [2.24, 2.45) is 0 Å². The number of hydrogen-bond donors (Lipinski definition) is 1. The number of benzene rings is 1. The van der Waals surface area contributed by atoms with Crippen molar-refractivity contribution in [1.82, 2.24) is 0 Å². The van der Waals surface area contributed by atoms with Crippen molar-refractivity contribution in [3.8, 4) is 0 Å². The molecule has 102 valence electrons. The maximum absolute atomic E-state index is 9.92. The Labute approximate surface area is 110 Å². The van der Waals surface area contributed by atoms with Gasteiger partial charge in [0.2, 0.25) is 0 Å². The van der Waals surface area contributed by atoms with E-state index in [1.165, 1.54) is 18.4 Å². The highest BCUT2D eigenvalue weighted by Crippen LogP contribution is 2.03. The lowest BCUT2D eigenvalue weighted by atomic mass is 10.1. The molecule has 0 saturated carbocycles. The lowest BCUT2D eigenvalue weighted by molar-refractivity contribution is -0.386. The zero-order valence-electron chi connectivity index (χ0n) is 11.4. The van der Waals surface area contributed by atoms with Crippen LogP contribution >= 0.6 is 0 Å². The van der Waals surface area contributed by atoms with Gasteiger partial charge < -0.3 is 15.6 Å². The predicted octanol–water partition coefficient (Wildman–Crippen LogP) is 1.53. The third-order valence-corrected chi connectivity index (χ3v) is 2.62. The molecule has 0 saturated heterocycles. The lowest BCUT2D eigenvalue weighted by Crippen LogP contribution is -2.47. The van der Waals surface area contributed by atoms with Gasteiger partial charge >= 0.3 is 0 Å². The summed E-state index contributed by atoms with van der Waals surface area (Å²) in [4.78, 5) is 9.92. The van der Waals surface area contributed by atoms with Crippen LogP contribution < -0.4 is 10.8 Å². The van der Waals surface area contributed by atoms with Crippen LogP contribution in [0.15, 0.2) is 30.3 Å². The maximum Gasteiger partial charge on any atom is 0.0997 e. The van der Waals surface area contributed by atoms with E-state index in [9.17, 15) is 9.90 Å². The molecule has 0 aliphatic rings. The Kier molecular flexibility index (Phi) is 11.2. The van der Waals surface area contributed by atoms with E-state index in [0.717, 1.165) is 25.8 Å². The number of rotatable bonds is 7. The Morgan fingerprint density at radius 1 is 1.11 bits per heavy atom. The molecule has 0 fully saturated rings. The molecule has 1 aromatic rings. The molecule has 0 spiro atoms. The Morgan fingerprint density at radius 3 is 2.17 bits per heavy atom. The van der Waals surface area contributed by atoms with Gasteiger partial charge in [0.15, 0.2) is 0 Å². The first-order valence-corrected chi connectivity index (χ1v) is 6.73. The van der Waals surface area contributed by atoms with Crippen molar-refractivity contribution in [1.29, 1.82) is 0 Å². The summed E-state index contributed by atoms with van der Waals surface area (Å²) in [5.41, 5.74) is 5.05. The van der Waals surface area contributed by atoms with E-state index < -0.39 is 5.97 Å². The first-order valence-electron chi connectivity index (χ1n) is 6.73. The molecule has 18 heavy (non-hydrogen) atoms. The fourth-order valence-electron chi connectivity index (χ4n) is 1.52. The standard InChI is InChI=1S/C8H16O2.C7H9N/c1-2-3-4-5-6-7-8(9)10;8-6-7-4-2-1-3-5-7/h2-7H2,1H3,(H,9,10);1-5H,6,8H2. The van der Waals surface area contributed by atoms with Gasteiger partial charge in [0.1, 0.15) is 0 Å². The van der Waals surface area contributed by atoms with Crippen LogP contribution in [0.2, 0.25) is 0 Å². The second kappa shape index (κ2) is 12.1. The molecule has 0 aliphatic heterocycles. The van der Waals surface area contributed by atoms with Gasteiger partial charge in [0, 0.05) is 11.5 Å². The average Bonchev–Trinajstić information content (AvgIpc) is 2.40. The lowest BCUT2D eigenvalue weighted by Gasteiger charge is -2.00. The summed E-state index contributed by atoms with van der Waals surface area (Å²) in [6.45, 7) is 3.03. The molecule has 3 nitrogen and oxygen atoms in total. The first kappa shape index (κ1) is 16.6. The summed E-state index contributed by atoms with van der Waals surface area (Å²) in [6.07, 6.45) is 5.61. The van der Waals surface area contributed by atoms with Crippen molar-refractivity contribution in [3.63, 3.8) is 0 Å². The van der Waals surface area contributed by atoms with Crippen LogP contribution in [0, 0.1) is 0 Å². The number of carbonyl (C=O) groups is 1. The van der Waals surface area contributed by atoms with Crippen molar-refractivity contribution in [2.75, 3.05) is 0 Å². The van der Waals surface area contributed by atoms with Gasteiger partial charge in [-0.2, -0.15) is 0 Å². The number of aliphatic carboxylic acids is 1. The third-order valence-electron chi connectivity index (χ3n) is 2.62. The number of unbranched alkanes of at least 4 members (excludes halogenated alkanes) is 4. The van der Waals surface area contributed by atoms with Crippen molar-refractivity contribution >= 4 is 5.97 Å². The SMILES string of the molecule is CCCCCCCC(=O)[O-].[NH3+]Cc1ccccc1. The normalized spacial score (nSPS) is 9.44. The summed E-state index contributed by atoms with van der Waals surface area (Å²) < 4.78 is 0. The highest BCUT2D eigenvalue weighted by molar-refractivity contribution is 5.63. The van der Waals surface area contributed by atoms with Crippen molar-refractivity contribution in [2.45, 2.75) is 52.0 Å². The zero-order valence-corrected chi connectivity index (χ0v) is 11.4. The highest BCUT2D eigenvalue weighted by atomic mass is 16.4. The van der Waals surface area contributed by atoms with E-state index in [1.54, 1.807) is 0 Å². The smallest absolute Gasteiger partial charge is 0.0997 e. The molecule has 0 bridgehead atoms. The van der Waals surface area contributed by atoms with Gasteiger partial charge in [-0.1, -0.05) is 62.9 Å². The monoisotopic (exact) mass is 251 g/mol. The van der Waals surface area contributed by atoms with Gasteiger partial charge in [0.25, 0.3) is 0 Å². The highest BCUT2D eigenvalue weighted by Gasteiger charge is 1.88. The summed E-state index contributed by atoms with van der Waals surface area (Å²) in [6, 6.07) is 10.2. The van der Waals surface area contributed by atoms with Gasteiger partial charge in [-0.15, -0.1) is 0 Å². The van der Waals surface area contributed by atoms with Crippen LogP contribution in [0.25, 0.3) is 0 Å². The molecule has 3 N–H and O–H groups in total. The molecule has 0 amide bonds. The number of hydrogen-bond acceptors (Lipinski definition) is 2. The summed E-state index contributed by atoms with van der Waals surface area (Å²) in [7, 11) is 0. The topological polar surface area (TPSA) is 67.8 Å². The summed E-state index contributed by atoms with van der Waals surface area (Å²) in [5, 5.41) is 9.92. The van der Waals surface area contributed by atoms with E-state index in [-0.39, 0.29) is 6.42 Å². The zero-order chi connectivity index (χ0) is 13.6. The molecule has 1 aromatic carbocycles. The van der Waals surface area contributed by atoms with Crippen LogP contribution in [-0.2, 0) is 11.3 Å². The average molecular weight is 251 g/mol. The van der Waals surface area contributed by atoms with Gasteiger partial charge in [-0.3, -0.25) is 0 Å². The molecular weight excluding hydrogens is 226 g/mol. The molecule has 0 atom stereocenters. The number of quaternary nitrogens is 1. The molecule has 1 rings (SSSR count). The minimum Gasteiger partial charge on any atom is -0.550 e. The second-order valence-corrected chi connectivity index (χ2v) is 4.27. The van der Waals surface area contributed by atoms with E-state index in [0.29, 0.717) is 0 Å². The summed E-state index contributed by atoms with van der Waals surface area (Å²) >= 11 is 0. The second-order valence-electron chi connectivity index (χ2n) is 4.27. The Hall–Kier alpha value is -1.35. The third kappa shape index (κ3) is 11.1. The molecule has 0 aromatic heterocycles. The number of carbonyl (C=O) groups excluding carboxylic acids is 1. The maximum atomic E-state index is 9.92. The summed E-state index contributed by atoms with van der Waals surface area (Å²) in [5.74, 6) is -0.920. The largest absolute Gasteiger partial charge is 0.550 e. The minimum absolute atomic E-state index is 0.226. The van der Waals surface area contributed by atoms with E-state index in [2.05, 4.69) is 24.8 Å². The quantitative estimate of drug-likeness (QED) is 0.747. The van der Waals surface area contributed by atoms with Gasteiger partial charge in [-0.25, -0.2) is 0 Å². The molecule has 0 unspecified atom stereocenters. The fourth-order valence-corrected chi connectivity index (χ4v) is 1.52. The van der Waals surface area contributed by atoms with E-state index >= 15 is 0 Å². The van der Waals surface area contributed by atoms with Crippen LogP contribution in [0.1, 0.15) is 51.0 Å². The molecule has 0 aliphatic carbocycles. The van der Waals surface area contributed by atoms with Gasteiger partial charge in [0.05, 0.1) is 6.54 Å². The van der Waals surface area contributed by atoms with Crippen molar-refractivity contribution in [3.05, 3.63) is 35.9 Å². The molecule has 3 heteroatoms. The Balaban J connectivity index is 0.000000327. The molecule has 0 heterocycles. The van der Waals surface area contributed by atoms with Gasteiger partial charge in [-0.05, 0) is 12.8 Å². The van der Waals surface area contributed by atoms with Crippen LogP contribution in [0.5, 0.6) is 0 Å². The van der Waals surface area contributed by atoms with Crippen molar-refractivity contribution < 1.29 is 15.6 Å². The Bertz CT molecular complexity index is 299. The predicted molar refractivity (Wildman–Crippen MR) is 71.4 cm³/mol. The molecular formula is C15H25NO2. The Morgan fingerprint density at radius 2 is 1.72 bits per heavy atom.